The van der Waals surface area contributed by atoms with Crippen molar-refractivity contribution in [2.45, 2.75) is 49.9 Å². The van der Waals surface area contributed by atoms with Crippen molar-refractivity contribution in [1.29, 1.82) is 0 Å². The third-order valence-electron chi connectivity index (χ3n) is 7.52. The van der Waals surface area contributed by atoms with E-state index in [1.807, 2.05) is 0 Å². The second-order valence-corrected chi connectivity index (χ2v) is 12.8. The second-order valence-electron chi connectivity index (χ2n) is 9.97. The van der Waals surface area contributed by atoms with E-state index in [2.05, 4.69) is 24.9 Å². The van der Waals surface area contributed by atoms with Crippen LogP contribution in [0.3, 0.4) is 0 Å². The molecule has 3 aliphatic heterocycles. The Morgan fingerprint density at radius 1 is 1.12 bits per heavy atom. The van der Waals surface area contributed by atoms with E-state index in [-0.39, 0.29) is 36.7 Å². The number of nitrogens with two attached hydrogens (primary N) is 2. The van der Waals surface area contributed by atoms with Crippen LogP contribution in [0, 0.1) is 5.92 Å². The first-order chi connectivity index (χ1) is 19.7. The summed E-state index contributed by atoms with van der Waals surface area (Å²) in [4.78, 5) is 42.3. The maximum atomic E-state index is 12.3. The molecule has 7 rings (SSSR count). The molecule has 2 bridgehead atoms. The van der Waals surface area contributed by atoms with E-state index in [9.17, 15) is 14.8 Å². The molecule has 0 spiro atoms. The van der Waals surface area contributed by atoms with Crippen LogP contribution >= 0.6 is 6.72 Å². The normalized spacial score (nSPS) is 34.4. The highest BCUT2D eigenvalue weighted by Gasteiger charge is 2.47. The van der Waals surface area contributed by atoms with Crippen LogP contribution in [0.25, 0.3) is 22.2 Å². The number of ether oxygens (including phenoxy) is 3. The fourth-order valence-corrected chi connectivity index (χ4v) is 7.07. The van der Waals surface area contributed by atoms with Gasteiger partial charge in [0.1, 0.15) is 30.0 Å². The Labute approximate surface area is 235 Å². The summed E-state index contributed by atoms with van der Waals surface area (Å²) in [6.07, 6.45) is 0.0694. The van der Waals surface area contributed by atoms with E-state index in [0.717, 1.165) is 0 Å². The number of hydrogen-bond donors (Lipinski definition) is 5. The molecule has 41 heavy (non-hydrogen) atoms. The first-order valence-corrected chi connectivity index (χ1v) is 15.3. The number of nitrogens with zero attached hydrogens (tertiary/aromatic N) is 6. The number of aliphatic hydroxyl groups is 1. The fourth-order valence-electron chi connectivity index (χ4n) is 5.62. The Morgan fingerprint density at radius 3 is 2.83 bits per heavy atom. The minimum atomic E-state index is -3.85. The quantitative estimate of drug-likeness (QED) is 0.187. The van der Waals surface area contributed by atoms with Gasteiger partial charge in [-0.2, -0.15) is 4.98 Å². The number of imidazole rings is 1. The first kappa shape index (κ1) is 26.8. The summed E-state index contributed by atoms with van der Waals surface area (Å²) in [6.45, 7) is -3.79. The van der Waals surface area contributed by atoms with Gasteiger partial charge in [-0.1, -0.05) is 0 Å². The zero-order valence-electron chi connectivity index (χ0n) is 21.2. The standard InChI is InChI=1S/C22H26N9O8PS/c23-16-10-1-3-30(17(10)26-7-25-16)21-15(32)9-2-4-35-13-5-11(39-40(34,41)36-6-12(9)37-21)20(38-13)31-8-27-14-18(31)28-22(24)29-19(14)33/h1,3,7-9,11-13,15,20-21,32H,2,4-6H2,(H,34,41)(H2,23,25,26)(H3,24,28,29,33)/t9-,11-,12-,13?,15-,20-,21-,40?/m1/s1. The molecule has 3 aliphatic rings. The van der Waals surface area contributed by atoms with Gasteiger partial charge in [0.25, 0.3) is 5.56 Å². The van der Waals surface area contributed by atoms with Crippen molar-refractivity contribution in [3.63, 3.8) is 0 Å². The topological polar surface area (TPSA) is 233 Å². The molecule has 8 atom stereocenters. The number of aliphatic hydroxyl groups excluding tert-OH is 1. The van der Waals surface area contributed by atoms with Crippen LogP contribution < -0.4 is 17.0 Å². The lowest BCUT2D eigenvalue weighted by molar-refractivity contribution is -0.155. The molecule has 3 saturated heterocycles. The van der Waals surface area contributed by atoms with Crippen molar-refractivity contribution >= 4 is 52.5 Å². The summed E-state index contributed by atoms with van der Waals surface area (Å²) in [6, 6.07) is 1.75. The van der Waals surface area contributed by atoms with Gasteiger partial charge in [-0.15, -0.1) is 0 Å². The molecule has 218 valence electrons. The first-order valence-electron chi connectivity index (χ1n) is 12.7. The number of aromatic nitrogens is 7. The number of rotatable bonds is 2. The van der Waals surface area contributed by atoms with Gasteiger partial charge < -0.3 is 49.3 Å². The molecule has 7 heterocycles. The fraction of sp³-hybridized carbons (Fsp3) is 0.500. The summed E-state index contributed by atoms with van der Waals surface area (Å²) in [5.41, 5.74) is 11.9. The van der Waals surface area contributed by atoms with Gasteiger partial charge in [0.2, 0.25) is 5.95 Å². The van der Waals surface area contributed by atoms with Crippen LogP contribution in [-0.2, 0) is 35.1 Å². The minimum Gasteiger partial charge on any atom is -0.388 e. The molecular formula is C22H26N9O8PS. The van der Waals surface area contributed by atoms with E-state index < -0.39 is 55.3 Å². The lowest BCUT2D eigenvalue weighted by Gasteiger charge is -2.26. The van der Waals surface area contributed by atoms with Gasteiger partial charge in [-0.05, 0) is 24.3 Å². The molecule has 4 aromatic heterocycles. The SMILES string of the molecule is Nc1nc2c(ncn2[C@@H]2OC3C[C@H]2OP(O)(=S)OC[C@H]2O[C@@H](n4ccc5c(N)ncnc54)[C@H](O)[C@@H]2CCO3)c(=O)[nH]1. The van der Waals surface area contributed by atoms with Gasteiger partial charge >= 0.3 is 6.72 Å². The monoisotopic (exact) mass is 607 g/mol. The van der Waals surface area contributed by atoms with Crippen LogP contribution in [0.2, 0.25) is 0 Å². The lowest BCUT2D eigenvalue weighted by Crippen LogP contribution is -2.31. The number of nitrogens with one attached hydrogen (secondary N) is 1. The summed E-state index contributed by atoms with van der Waals surface area (Å²) in [5, 5.41) is 12.0. The largest absolute Gasteiger partial charge is 0.388 e. The van der Waals surface area contributed by atoms with E-state index in [1.54, 1.807) is 16.8 Å². The molecule has 19 heteroatoms. The molecule has 0 aromatic carbocycles. The van der Waals surface area contributed by atoms with Crippen molar-refractivity contribution in [2.24, 2.45) is 5.92 Å². The molecule has 0 radical (unpaired) electrons. The smallest absolute Gasteiger partial charge is 0.325 e. The highest BCUT2D eigenvalue weighted by Crippen LogP contribution is 2.51. The molecular weight excluding hydrogens is 581 g/mol. The van der Waals surface area contributed by atoms with Crippen LogP contribution in [0.5, 0.6) is 0 Å². The van der Waals surface area contributed by atoms with Gasteiger partial charge in [0, 0.05) is 18.5 Å². The predicted octanol–water partition coefficient (Wildman–Crippen LogP) is -0.113. The zero-order valence-corrected chi connectivity index (χ0v) is 22.9. The van der Waals surface area contributed by atoms with Crippen molar-refractivity contribution < 1.29 is 33.3 Å². The molecule has 4 aromatic rings. The van der Waals surface area contributed by atoms with Gasteiger partial charge in [0.05, 0.1) is 31.0 Å². The number of anilines is 2. The average Bonchev–Trinajstić information content (AvgIpc) is 3.68. The third-order valence-corrected chi connectivity index (χ3v) is 9.11. The van der Waals surface area contributed by atoms with Crippen molar-refractivity contribution in [2.75, 3.05) is 24.7 Å². The van der Waals surface area contributed by atoms with Crippen LogP contribution in [0.4, 0.5) is 11.8 Å². The zero-order chi connectivity index (χ0) is 28.5. The third kappa shape index (κ3) is 4.70. The molecule has 2 unspecified atom stereocenters. The number of aromatic amines is 1. The number of H-pyrrole nitrogens is 1. The van der Waals surface area contributed by atoms with Crippen LogP contribution in [-0.4, -0.2) is 81.9 Å². The molecule has 0 amide bonds. The lowest BCUT2D eigenvalue weighted by atomic mass is 9.95. The molecule has 7 N–H and O–H groups in total. The minimum absolute atomic E-state index is 0.0571. The summed E-state index contributed by atoms with van der Waals surface area (Å²) in [7, 11) is 0. The van der Waals surface area contributed by atoms with Gasteiger partial charge in [-0.25, -0.2) is 15.0 Å². The van der Waals surface area contributed by atoms with E-state index in [1.165, 1.54) is 17.2 Å². The predicted molar refractivity (Wildman–Crippen MR) is 144 cm³/mol. The van der Waals surface area contributed by atoms with Gasteiger partial charge in [0.15, 0.2) is 29.9 Å². The van der Waals surface area contributed by atoms with Crippen molar-refractivity contribution in [1.82, 2.24) is 34.1 Å². The summed E-state index contributed by atoms with van der Waals surface area (Å²) < 4.78 is 33.2. The highest BCUT2D eigenvalue weighted by molar-refractivity contribution is 8.07. The Hall–Kier alpha value is -3.06. The second kappa shape index (κ2) is 10.0. The Balaban J connectivity index is 1.15. The summed E-state index contributed by atoms with van der Waals surface area (Å²) in [5.74, 6) is -0.234. The van der Waals surface area contributed by atoms with Crippen molar-refractivity contribution in [3.05, 3.63) is 35.3 Å². The Morgan fingerprint density at radius 2 is 1.98 bits per heavy atom. The maximum absolute atomic E-state index is 12.3. The summed E-state index contributed by atoms with van der Waals surface area (Å²) >= 11 is 5.34. The average molecular weight is 608 g/mol. The van der Waals surface area contributed by atoms with Crippen LogP contribution in [0.1, 0.15) is 25.3 Å². The number of hydrogen-bond acceptors (Lipinski definition) is 14. The Kier molecular flexibility index (Phi) is 6.57. The number of nitrogen functional groups attached to an aromatic ring is 2. The highest BCUT2D eigenvalue weighted by atomic mass is 32.5. The molecule has 0 saturated carbocycles. The molecule has 3 fully saturated rings. The molecule has 17 nitrogen and oxygen atoms in total. The Bertz CT molecular complexity index is 1730. The number of fused-ring (bicyclic) bond motifs is 5. The van der Waals surface area contributed by atoms with E-state index in [0.29, 0.717) is 23.3 Å². The van der Waals surface area contributed by atoms with Crippen molar-refractivity contribution in [3.8, 4) is 0 Å². The van der Waals surface area contributed by atoms with Gasteiger partial charge in [-0.3, -0.25) is 14.3 Å². The van der Waals surface area contributed by atoms with Crippen LogP contribution in [0.15, 0.2) is 29.7 Å². The van der Waals surface area contributed by atoms with E-state index >= 15 is 0 Å². The molecule has 0 aliphatic carbocycles. The maximum Gasteiger partial charge on any atom is 0.325 e. The van der Waals surface area contributed by atoms with E-state index in [4.69, 9.17) is 46.5 Å².